The summed E-state index contributed by atoms with van der Waals surface area (Å²) in [6, 6.07) is 0. The molecule has 3 N–H and O–H groups in total. The summed E-state index contributed by atoms with van der Waals surface area (Å²) in [5.74, 6) is -2.79. The van der Waals surface area contributed by atoms with Crippen LogP contribution in [0.1, 0.15) is 6.92 Å². The minimum absolute atomic E-state index is 0.250. The van der Waals surface area contributed by atoms with Crippen molar-refractivity contribution in [3.05, 3.63) is 0 Å². The number of hydrogen-bond donors (Lipinski definition) is 3. The zero-order valence-electron chi connectivity index (χ0n) is 5.89. The van der Waals surface area contributed by atoms with E-state index < -0.39 is 21.8 Å². The lowest BCUT2D eigenvalue weighted by Crippen LogP contribution is -2.13. The van der Waals surface area contributed by atoms with Crippen molar-refractivity contribution in [3.63, 3.8) is 0 Å². The molecule has 0 aromatic carbocycles. The molecule has 11 heavy (non-hydrogen) atoms. The molecule has 0 saturated carbocycles. The topological polar surface area (TPSA) is 112 Å². The molecule has 6 nitrogen and oxygen atoms in total. The maximum atomic E-state index is 9.62. The van der Waals surface area contributed by atoms with Crippen molar-refractivity contribution >= 4 is 16.1 Å². The highest BCUT2D eigenvalue weighted by atomic mass is 32.2. The molecule has 0 aromatic heterocycles. The molecule has 0 bridgehead atoms. The molecule has 0 fully saturated rings. The molecule has 0 unspecified atom stereocenters. The van der Waals surface area contributed by atoms with Crippen LogP contribution >= 0.6 is 0 Å². The Morgan fingerprint density at radius 2 is 1.73 bits per heavy atom. The predicted octanol–water partition coefficient (Wildman–Crippen LogP) is -1.04. The molecular weight excluding hydrogens is 176 g/mol. The van der Waals surface area contributed by atoms with Crippen molar-refractivity contribution in [2.24, 2.45) is 0 Å². The van der Waals surface area contributed by atoms with Crippen LogP contribution in [0.15, 0.2) is 0 Å². The lowest BCUT2D eigenvalue weighted by atomic mass is 10.8. The molecule has 0 spiro atoms. The molecule has 0 rings (SSSR count). The molecule has 0 saturated heterocycles. The fraction of sp³-hybridized carbons (Fsp3) is 0.750. The van der Waals surface area contributed by atoms with E-state index in [0.717, 1.165) is 0 Å². The van der Waals surface area contributed by atoms with Gasteiger partial charge in [-0.3, -0.25) is 9.35 Å². The average Bonchev–Trinajstić information content (AvgIpc) is 1.57. The lowest BCUT2D eigenvalue weighted by molar-refractivity contribution is -0.134. The molecule has 0 heterocycles. The Morgan fingerprint density at radius 3 is 1.73 bits per heavy atom. The first-order valence-corrected chi connectivity index (χ1v) is 4.22. The smallest absolute Gasteiger partial charge is 0.321 e. The summed E-state index contributed by atoms with van der Waals surface area (Å²) in [6.45, 7) is 1.93. The normalized spacial score (nSPS) is 9.73. The third-order valence-corrected chi connectivity index (χ3v) is 0.918. The van der Waals surface area contributed by atoms with Crippen molar-refractivity contribution < 1.29 is 28.0 Å². The van der Waals surface area contributed by atoms with Crippen LogP contribution < -0.4 is 0 Å². The van der Waals surface area contributed by atoms with E-state index in [0.29, 0.717) is 0 Å². The Morgan fingerprint density at radius 1 is 1.45 bits per heavy atom. The molecular formula is C4H10O6S. The zero-order chi connectivity index (χ0) is 9.49. The van der Waals surface area contributed by atoms with Gasteiger partial charge in [-0.15, -0.1) is 0 Å². The monoisotopic (exact) mass is 186 g/mol. The maximum Gasteiger partial charge on any atom is 0.321 e. The minimum atomic E-state index is -4.32. The molecule has 7 heteroatoms. The third-order valence-electron chi connectivity index (χ3n) is 0.306. The average molecular weight is 186 g/mol. The summed E-state index contributed by atoms with van der Waals surface area (Å²) in [5.41, 5.74) is 0. The Labute approximate surface area is 64.2 Å². The molecule has 0 radical (unpaired) electrons. The molecule has 0 atom stereocenters. The molecule has 68 valence electrons. The van der Waals surface area contributed by atoms with Crippen LogP contribution in [-0.4, -0.2) is 41.5 Å². The Kier molecular flexibility index (Phi) is 7.16. The Balaban J connectivity index is 0. The van der Waals surface area contributed by atoms with Gasteiger partial charge < -0.3 is 10.2 Å². The van der Waals surface area contributed by atoms with Crippen molar-refractivity contribution in [2.45, 2.75) is 6.92 Å². The van der Waals surface area contributed by atoms with Gasteiger partial charge in [-0.2, -0.15) is 8.42 Å². The third kappa shape index (κ3) is 26.7. The van der Waals surface area contributed by atoms with Crippen LogP contribution in [0.4, 0.5) is 0 Å². The number of aliphatic hydroxyl groups is 1. The number of aliphatic carboxylic acids is 1. The van der Waals surface area contributed by atoms with Crippen molar-refractivity contribution in [3.8, 4) is 0 Å². The first-order valence-electron chi connectivity index (χ1n) is 2.61. The van der Waals surface area contributed by atoms with Gasteiger partial charge in [0.2, 0.25) is 0 Å². The summed E-state index contributed by atoms with van der Waals surface area (Å²) in [5, 5.41) is 15.3. The predicted molar refractivity (Wildman–Crippen MR) is 36.8 cm³/mol. The van der Waals surface area contributed by atoms with Gasteiger partial charge in [-0.1, -0.05) is 0 Å². The highest BCUT2D eigenvalue weighted by Crippen LogP contribution is 1.78. The van der Waals surface area contributed by atoms with Gasteiger partial charge in [-0.05, 0) is 6.92 Å². The second-order valence-electron chi connectivity index (χ2n) is 1.44. The second-order valence-corrected chi connectivity index (χ2v) is 2.89. The minimum Gasteiger partial charge on any atom is -0.480 e. The van der Waals surface area contributed by atoms with E-state index in [-0.39, 0.29) is 6.61 Å². The van der Waals surface area contributed by atoms with Crippen LogP contribution in [0.3, 0.4) is 0 Å². The number of hydrogen-bond acceptors (Lipinski definition) is 4. The molecule has 0 aromatic rings. The van der Waals surface area contributed by atoms with Gasteiger partial charge >= 0.3 is 5.97 Å². The summed E-state index contributed by atoms with van der Waals surface area (Å²) < 4.78 is 27.0. The van der Waals surface area contributed by atoms with E-state index in [1.807, 2.05) is 0 Å². The number of carbonyl (C=O) groups is 1. The second kappa shape index (κ2) is 6.08. The fourth-order valence-electron chi connectivity index (χ4n) is 0.156. The van der Waals surface area contributed by atoms with Gasteiger partial charge in [0.15, 0.2) is 5.75 Å². The number of carboxylic acid groups (broad SMARTS) is 1. The van der Waals surface area contributed by atoms with E-state index in [2.05, 4.69) is 0 Å². The van der Waals surface area contributed by atoms with E-state index in [9.17, 15) is 13.2 Å². The zero-order valence-corrected chi connectivity index (χ0v) is 6.71. The quantitative estimate of drug-likeness (QED) is 0.475. The molecule has 0 aliphatic carbocycles. The van der Waals surface area contributed by atoms with E-state index >= 15 is 0 Å². The molecule has 0 aliphatic heterocycles. The summed E-state index contributed by atoms with van der Waals surface area (Å²) in [7, 11) is -4.32. The van der Waals surface area contributed by atoms with Crippen LogP contribution in [0.5, 0.6) is 0 Å². The van der Waals surface area contributed by atoms with Gasteiger partial charge in [0.25, 0.3) is 10.1 Å². The summed E-state index contributed by atoms with van der Waals surface area (Å²) >= 11 is 0. The molecule has 0 aliphatic rings. The van der Waals surface area contributed by atoms with Gasteiger partial charge in [0, 0.05) is 6.61 Å². The lowest BCUT2D eigenvalue weighted by Gasteiger charge is -1.85. The van der Waals surface area contributed by atoms with Gasteiger partial charge in [0.05, 0.1) is 0 Å². The first kappa shape index (κ1) is 13.0. The van der Waals surface area contributed by atoms with Gasteiger partial charge in [-0.25, -0.2) is 0 Å². The number of carboxylic acids is 1. The Bertz CT molecular complexity index is 193. The van der Waals surface area contributed by atoms with Crippen molar-refractivity contribution in [2.75, 3.05) is 12.4 Å². The summed E-state index contributed by atoms with van der Waals surface area (Å²) in [4.78, 5) is 9.48. The van der Waals surface area contributed by atoms with Crippen LogP contribution in [0.25, 0.3) is 0 Å². The maximum absolute atomic E-state index is 9.62. The van der Waals surface area contributed by atoms with Crippen LogP contribution in [0.2, 0.25) is 0 Å². The van der Waals surface area contributed by atoms with Crippen molar-refractivity contribution in [1.29, 1.82) is 0 Å². The molecule has 0 amide bonds. The van der Waals surface area contributed by atoms with Crippen LogP contribution in [0, 0.1) is 0 Å². The fourth-order valence-corrected chi connectivity index (χ4v) is 0.468. The van der Waals surface area contributed by atoms with E-state index in [1.54, 1.807) is 6.92 Å². The highest BCUT2D eigenvalue weighted by Gasteiger charge is 2.09. The van der Waals surface area contributed by atoms with E-state index in [4.69, 9.17) is 14.8 Å². The largest absolute Gasteiger partial charge is 0.480 e. The van der Waals surface area contributed by atoms with E-state index in [1.165, 1.54) is 0 Å². The van der Waals surface area contributed by atoms with Crippen molar-refractivity contribution in [1.82, 2.24) is 0 Å². The van der Waals surface area contributed by atoms with Crippen LogP contribution in [-0.2, 0) is 14.9 Å². The standard InChI is InChI=1S/C2H4O5S.C2H6O/c3-2(4)1-8(5,6)7;1-2-3/h1H2,(H,3,4)(H,5,6,7);3H,2H2,1H3. The number of aliphatic hydroxyl groups excluding tert-OH is 1. The van der Waals surface area contributed by atoms with Gasteiger partial charge in [0.1, 0.15) is 0 Å². The SMILES string of the molecule is CCO.O=C(O)CS(=O)(=O)O. The number of rotatable bonds is 2. The Hall–Kier alpha value is -0.660. The highest BCUT2D eigenvalue weighted by molar-refractivity contribution is 7.86. The summed E-state index contributed by atoms with van der Waals surface area (Å²) in [6.07, 6.45) is 0. The first-order chi connectivity index (χ1) is 4.83.